The average Bonchev–Trinajstić information content (AvgIpc) is 2.77. The number of carbonyl (C=O) groups excluding carboxylic acids is 2. The van der Waals surface area contributed by atoms with Crippen LogP contribution in [0.25, 0.3) is 0 Å². The molecular formula is C25H34N2O4. The quantitative estimate of drug-likeness (QED) is 0.551. The minimum absolute atomic E-state index is 0.140. The first-order valence-corrected chi connectivity index (χ1v) is 10.8. The number of nitrogens with zero attached hydrogens (tertiary/aromatic N) is 1. The highest BCUT2D eigenvalue weighted by atomic mass is 16.5. The summed E-state index contributed by atoms with van der Waals surface area (Å²) in [5.41, 5.74) is 3.14. The molecule has 0 aromatic heterocycles. The Labute approximate surface area is 185 Å². The summed E-state index contributed by atoms with van der Waals surface area (Å²) in [6.07, 6.45) is 1.89. The molecule has 0 radical (unpaired) electrons. The number of nitrogens with one attached hydrogen (secondary N) is 1. The standard InChI is InChI=1S/C25H34N2O4/c1-6-7-13-26-25(29)20(4)27(16-21-9-8-10-22(15-21)30-5)24(28)17-31-23-12-11-18(2)19(3)14-23/h8-12,14-15,20H,6-7,13,16-17H2,1-5H3,(H,26,29). The minimum Gasteiger partial charge on any atom is -0.497 e. The third-order valence-corrected chi connectivity index (χ3v) is 5.32. The van der Waals surface area contributed by atoms with Crippen molar-refractivity contribution in [2.45, 2.75) is 53.1 Å². The lowest BCUT2D eigenvalue weighted by Crippen LogP contribution is -2.49. The highest BCUT2D eigenvalue weighted by Crippen LogP contribution is 2.18. The van der Waals surface area contributed by atoms with Crippen LogP contribution in [-0.2, 0) is 16.1 Å². The van der Waals surface area contributed by atoms with Gasteiger partial charge in [-0.05, 0) is 68.1 Å². The Morgan fingerprint density at radius 3 is 2.52 bits per heavy atom. The summed E-state index contributed by atoms with van der Waals surface area (Å²) >= 11 is 0. The van der Waals surface area contributed by atoms with Gasteiger partial charge in [0.2, 0.25) is 5.91 Å². The van der Waals surface area contributed by atoms with E-state index < -0.39 is 6.04 Å². The molecule has 0 bridgehead atoms. The van der Waals surface area contributed by atoms with E-state index in [1.54, 1.807) is 18.9 Å². The fourth-order valence-electron chi connectivity index (χ4n) is 3.12. The SMILES string of the molecule is CCCCNC(=O)C(C)N(Cc1cccc(OC)c1)C(=O)COc1ccc(C)c(C)c1. The molecule has 0 spiro atoms. The Bertz CT molecular complexity index is 882. The molecule has 2 aromatic rings. The van der Waals surface area contributed by atoms with Crippen molar-refractivity contribution in [3.63, 3.8) is 0 Å². The van der Waals surface area contributed by atoms with Gasteiger partial charge < -0.3 is 19.7 Å². The fourth-order valence-corrected chi connectivity index (χ4v) is 3.12. The number of hydrogen-bond acceptors (Lipinski definition) is 4. The minimum atomic E-state index is -0.626. The Morgan fingerprint density at radius 1 is 1.06 bits per heavy atom. The number of methoxy groups -OCH3 is 1. The maximum atomic E-state index is 13.1. The number of unbranched alkanes of at least 4 members (excludes halogenated alkanes) is 1. The molecule has 6 heteroatoms. The van der Waals surface area contributed by atoms with Gasteiger partial charge in [0.05, 0.1) is 7.11 Å². The third-order valence-electron chi connectivity index (χ3n) is 5.32. The number of aryl methyl sites for hydroxylation is 2. The Kier molecular flexibility index (Phi) is 9.38. The molecule has 0 saturated carbocycles. The van der Waals surface area contributed by atoms with Crippen molar-refractivity contribution in [1.82, 2.24) is 10.2 Å². The molecule has 31 heavy (non-hydrogen) atoms. The molecule has 2 amide bonds. The van der Waals surface area contributed by atoms with Crippen LogP contribution >= 0.6 is 0 Å². The van der Waals surface area contributed by atoms with Gasteiger partial charge >= 0.3 is 0 Å². The monoisotopic (exact) mass is 426 g/mol. The summed E-state index contributed by atoms with van der Waals surface area (Å²) in [5, 5.41) is 2.92. The molecule has 1 unspecified atom stereocenters. The zero-order valence-electron chi connectivity index (χ0n) is 19.2. The van der Waals surface area contributed by atoms with E-state index in [4.69, 9.17) is 9.47 Å². The van der Waals surface area contributed by atoms with Gasteiger partial charge in [0.1, 0.15) is 17.5 Å². The highest BCUT2D eigenvalue weighted by molar-refractivity contribution is 5.87. The van der Waals surface area contributed by atoms with Gasteiger partial charge in [0.15, 0.2) is 6.61 Å². The molecule has 1 N–H and O–H groups in total. The predicted octanol–water partition coefficient (Wildman–Crippen LogP) is 4.02. The second-order valence-corrected chi connectivity index (χ2v) is 7.73. The van der Waals surface area contributed by atoms with Crippen LogP contribution in [0.4, 0.5) is 0 Å². The lowest BCUT2D eigenvalue weighted by molar-refractivity contribution is -0.142. The van der Waals surface area contributed by atoms with E-state index in [0.29, 0.717) is 18.0 Å². The Morgan fingerprint density at radius 2 is 1.84 bits per heavy atom. The maximum Gasteiger partial charge on any atom is 0.261 e. The first-order valence-electron chi connectivity index (χ1n) is 10.8. The molecule has 0 fully saturated rings. The normalized spacial score (nSPS) is 11.5. The van der Waals surface area contributed by atoms with Crippen LogP contribution in [-0.4, -0.2) is 43.0 Å². The summed E-state index contributed by atoms with van der Waals surface area (Å²) < 4.78 is 11.0. The van der Waals surface area contributed by atoms with Crippen LogP contribution < -0.4 is 14.8 Å². The molecule has 0 heterocycles. The molecule has 0 aliphatic heterocycles. The summed E-state index contributed by atoms with van der Waals surface area (Å²) in [6.45, 7) is 8.59. The lowest BCUT2D eigenvalue weighted by Gasteiger charge is -2.29. The Balaban J connectivity index is 2.14. The van der Waals surface area contributed by atoms with E-state index in [9.17, 15) is 9.59 Å². The van der Waals surface area contributed by atoms with E-state index in [1.807, 2.05) is 56.3 Å². The van der Waals surface area contributed by atoms with Gasteiger partial charge in [-0.15, -0.1) is 0 Å². The number of hydrogen-bond donors (Lipinski definition) is 1. The molecular weight excluding hydrogens is 392 g/mol. The van der Waals surface area contributed by atoms with Gasteiger partial charge in [-0.25, -0.2) is 0 Å². The number of benzene rings is 2. The first kappa shape index (κ1) is 24.3. The number of carbonyl (C=O) groups is 2. The van der Waals surface area contributed by atoms with Crippen molar-refractivity contribution in [3.8, 4) is 11.5 Å². The van der Waals surface area contributed by atoms with Gasteiger partial charge in [-0.2, -0.15) is 0 Å². The van der Waals surface area contributed by atoms with Gasteiger partial charge in [-0.3, -0.25) is 9.59 Å². The third kappa shape index (κ3) is 7.31. The smallest absolute Gasteiger partial charge is 0.261 e. The van der Waals surface area contributed by atoms with E-state index in [2.05, 4.69) is 12.2 Å². The number of ether oxygens (including phenoxy) is 2. The van der Waals surface area contributed by atoms with Gasteiger partial charge in [0, 0.05) is 13.1 Å². The molecule has 168 valence electrons. The average molecular weight is 427 g/mol. The summed E-state index contributed by atoms with van der Waals surface area (Å²) in [6, 6.07) is 12.6. The van der Waals surface area contributed by atoms with Gasteiger partial charge in [0.25, 0.3) is 5.91 Å². The largest absolute Gasteiger partial charge is 0.497 e. The highest BCUT2D eigenvalue weighted by Gasteiger charge is 2.26. The Hall–Kier alpha value is -3.02. The molecule has 6 nitrogen and oxygen atoms in total. The van der Waals surface area contributed by atoms with Crippen molar-refractivity contribution in [3.05, 3.63) is 59.2 Å². The number of rotatable bonds is 11. The van der Waals surface area contributed by atoms with E-state index in [0.717, 1.165) is 29.5 Å². The lowest BCUT2D eigenvalue weighted by atomic mass is 10.1. The molecule has 1 atom stereocenters. The van der Waals surface area contributed by atoms with E-state index >= 15 is 0 Å². The van der Waals surface area contributed by atoms with Crippen LogP contribution in [0, 0.1) is 13.8 Å². The second-order valence-electron chi connectivity index (χ2n) is 7.73. The van der Waals surface area contributed by atoms with Crippen LogP contribution in [0.1, 0.15) is 43.4 Å². The molecule has 0 saturated heterocycles. The molecule has 0 aliphatic carbocycles. The van der Waals surface area contributed by atoms with Crippen molar-refractivity contribution in [2.24, 2.45) is 0 Å². The fraction of sp³-hybridized carbons (Fsp3) is 0.440. The van der Waals surface area contributed by atoms with Crippen molar-refractivity contribution in [1.29, 1.82) is 0 Å². The van der Waals surface area contributed by atoms with Crippen LogP contribution in [0.15, 0.2) is 42.5 Å². The van der Waals surface area contributed by atoms with E-state index in [1.165, 1.54) is 0 Å². The maximum absolute atomic E-state index is 13.1. The first-order chi connectivity index (χ1) is 14.8. The topological polar surface area (TPSA) is 67.9 Å². The summed E-state index contributed by atoms with van der Waals surface area (Å²) in [7, 11) is 1.60. The summed E-state index contributed by atoms with van der Waals surface area (Å²) in [5.74, 6) is 0.921. The van der Waals surface area contributed by atoms with Crippen LogP contribution in [0.3, 0.4) is 0 Å². The van der Waals surface area contributed by atoms with Crippen LogP contribution in [0.2, 0.25) is 0 Å². The summed E-state index contributed by atoms with van der Waals surface area (Å²) in [4.78, 5) is 27.3. The molecule has 0 aliphatic rings. The molecule has 2 aromatic carbocycles. The van der Waals surface area contributed by atoms with Crippen molar-refractivity contribution >= 4 is 11.8 Å². The zero-order valence-corrected chi connectivity index (χ0v) is 19.2. The number of amides is 2. The van der Waals surface area contributed by atoms with E-state index in [-0.39, 0.29) is 25.0 Å². The second kappa shape index (κ2) is 12.0. The van der Waals surface area contributed by atoms with Gasteiger partial charge in [-0.1, -0.05) is 31.5 Å². The van der Waals surface area contributed by atoms with Crippen molar-refractivity contribution < 1.29 is 19.1 Å². The molecule has 2 rings (SSSR count). The zero-order chi connectivity index (χ0) is 22.8. The van der Waals surface area contributed by atoms with Crippen molar-refractivity contribution in [2.75, 3.05) is 20.3 Å². The predicted molar refractivity (Wildman–Crippen MR) is 122 cm³/mol. The van der Waals surface area contributed by atoms with Crippen LogP contribution in [0.5, 0.6) is 11.5 Å².